The van der Waals surface area contributed by atoms with Crippen LogP contribution in [0.4, 0.5) is 4.39 Å². The van der Waals surface area contributed by atoms with Gasteiger partial charge in [-0.05, 0) is 55.9 Å². The lowest BCUT2D eigenvalue weighted by Gasteiger charge is -2.23. The maximum absolute atomic E-state index is 13.3. The lowest BCUT2D eigenvalue weighted by molar-refractivity contribution is 0.0735. The average molecular weight is 263 g/mol. The third kappa shape index (κ3) is 3.55. The topological polar surface area (TPSA) is 20.3 Å². The second-order valence-corrected chi connectivity index (χ2v) is 5.88. The molecule has 1 aliphatic rings. The Morgan fingerprint density at radius 1 is 1.42 bits per heavy atom. The number of carbonyl (C=O) groups is 1. The molecule has 3 heteroatoms. The maximum atomic E-state index is 13.3. The average Bonchev–Trinajstić information content (AvgIpc) is 3.16. The zero-order valence-corrected chi connectivity index (χ0v) is 11.9. The van der Waals surface area contributed by atoms with Gasteiger partial charge in [-0.2, -0.15) is 0 Å². The third-order valence-electron chi connectivity index (χ3n) is 3.60. The molecule has 2 nitrogen and oxygen atoms in total. The lowest BCUT2D eigenvalue weighted by Crippen LogP contribution is -2.34. The highest BCUT2D eigenvalue weighted by molar-refractivity contribution is 5.94. The second kappa shape index (κ2) is 5.72. The van der Waals surface area contributed by atoms with Crippen LogP contribution in [0.2, 0.25) is 0 Å². The predicted octanol–water partition coefficient (Wildman–Crippen LogP) is 3.78. The van der Waals surface area contributed by atoms with Gasteiger partial charge >= 0.3 is 0 Å². The van der Waals surface area contributed by atoms with Crippen molar-refractivity contribution < 1.29 is 9.18 Å². The Hall–Kier alpha value is -1.38. The van der Waals surface area contributed by atoms with E-state index in [-0.39, 0.29) is 11.7 Å². The molecule has 2 rings (SSSR count). The minimum absolute atomic E-state index is 0.0475. The van der Waals surface area contributed by atoms with E-state index in [0.29, 0.717) is 23.1 Å². The zero-order valence-electron chi connectivity index (χ0n) is 11.9. The Kier molecular flexibility index (Phi) is 4.23. The summed E-state index contributed by atoms with van der Waals surface area (Å²) < 4.78 is 13.3. The van der Waals surface area contributed by atoms with E-state index < -0.39 is 0 Å². The van der Waals surface area contributed by atoms with E-state index in [1.807, 2.05) is 4.90 Å². The summed E-state index contributed by atoms with van der Waals surface area (Å²) in [6, 6.07) is 5.03. The highest BCUT2D eigenvalue weighted by Crippen LogP contribution is 2.29. The van der Waals surface area contributed by atoms with E-state index in [1.54, 1.807) is 19.1 Å². The van der Waals surface area contributed by atoms with E-state index in [2.05, 4.69) is 13.8 Å². The van der Waals surface area contributed by atoms with Crippen LogP contribution in [0.5, 0.6) is 0 Å². The molecule has 0 saturated heterocycles. The SMILES string of the molecule is Cc1cc(C(=O)N(CCC(C)C)C2CC2)ccc1F. The molecule has 0 atom stereocenters. The first-order valence-corrected chi connectivity index (χ1v) is 7.06. The molecular formula is C16H22FNO. The monoisotopic (exact) mass is 263 g/mol. The summed E-state index contributed by atoms with van der Waals surface area (Å²) in [5.41, 5.74) is 1.14. The molecular weight excluding hydrogens is 241 g/mol. The second-order valence-electron chi connectivity index (χ2n) is 5.88. The summed E-state index contributed by atoms with van der Waals surface area (Å²) in [5.74, 6) is 0.381. The van der Waals surface area contributed by atoms with Crippen molar-refractivity contribution in [2.24, 2.45) is 5.92 Å². The van der Waals surface area contributed by atoms with E-state index in [9.17, 15) is 9.18 Å². The van der Waals surface area contributed by atoms with Crippen molar-refractivity contribution >= 4 is 5.91 Å². The van der Waals surface area contributed by atoms with E-state index in [4.69, 9.17) is 0 Å². The fourth-order valence-corrected chi connectivity index (χ4v) is 2.18. The van der Waals surface area contributed by atoms with Gasteiger partial charge in [-0.1, -0.05) is 13.8 Å². The van der Waals surface area contributed by atoms with Crippen LogP contribution in [-0.2, 0) is 0 Å². The normalized spacial score (nSPS) is 14.8. The van der Waals surface area contributed by atoms with Crippen molar-refractivity contribution in [2.75, 3.05) is 6.54 Å². The van der Waals surface area contributed by atoms with Crippen LogP contribution in [0.15, 0.2) is 18.2 Å². The van der Waals surface area contributed by atoms with Crippen LogP contribution in [0.3, 0.4) is 0 Å². The van der Waals surface area contributed by atoms with Crippen molar-refractivity contribution in [3.05, 3.63) is 35.1 Å². The minimum atomic E-state index is -0.253. The van der Waals surface area contributed by atoms with Crippen LogP contribution in [-0.4, -0.2) is 23.4 Å². The molecule has 0 heterocycles. The summed E-state index contributed by atoms with van der Waals surface area (Å²) in [7, 11) is 0. The summed E-state index contributed by atoms with van der Waals surface area (Å²) in [6.07, 6.45) is 3.22. The summed E-state index contributed by atoms with van der Waals surface area (Å²) in [6.45, 7) is 6.83. The first-order valence-electron chi connectivity index (χ1n) is 7.06. The van der Waals surface area contributed by atoms with Gasteiger partial charge in [0.1, 0.15) is 5.82 Å². The van der Waals surface area contributed by atoms with Crippen molar-refractivity contribution in [1.82, 2.24) is 4.90 Å². The molecule has 0 N–H and O–H groups in total. The largest absolute Gasteiger partial charge is 0.336 e. The Balaban J connectivity index is 2.12. The minimum Gasteiger partial charge on any atom is -0.336 e. The standard InChI is InChI=1S/C16H22FNO/c1-11(2)8-9-18(14-5-6-14)16(19)13-4-7-15(17)12(3)10-13/h4,7,10-11,14H,5-6,8-9H2,1-3H3. The van der Waals surface area contributed by atoms with Gasteiger partial charge in [0.25, 0.3) is 5.91 Å². The highest BCUT2D eigenvalue weighted by Gasteiger charge is 2.32. The van der Waals surface area contributed by atoms with Crippen molar-refractivity contribution in [2.45, 2.75) is 46.1 Å². The molecule has 0 spiro atoms. The molecule has 1 amide bonds. The number of nitrogens with zero attached hydrogens (tertiary/aromatic N) is 1. The predicted molar refractivity (Wildman–Crippen MR) is 74.7 cm³/mol. The molecule has 1 aliphatic carbocycles. The Morgan fingerprint density at radius 3 is 2.63 bits per heavy atom. The van der Waals surface area contributed by atoms with Crippen LogP contribution in [0.1, 0.15) is 49.0 Å². The summed E-state index contributed by atoms with van der Waals surface area (Å²) in [4.78, 5) is 14.5. The first kappa shape index (κ1) is 14.0. The maximum Gasteiger partial charge on any atom is 0.254 e. The number of halogens is 1. The smallest absolute Gasteiger partial charge is 0.254 e. The van der Waals surface area contributed by atoms with E-state index >= 15 is 0 Å². The molecule has 1 aromatic rings. The third-order valence-corrected chi connectivity index (χ3v) is 3.60. The van der Waals surface area contributed by atoms with Gasteiger partial charge in [0.05, 0.1) is 0 Å². The van der Waals surface area contributed by atoms with Gasteiger partial charge < -0.3 is 4.90 Å². The number of hydrogen-bond acceptors (Lipinski definition) is 1. The Bertz CT molecular complexity index is 466. The highest BCUT2D eigenvalue weighted by atomic mass is 19.1. The molecule has 19 heavy (non-hydrogen) atoms. The lowest BCUT2D eigenvalue weighted by atomic mass is 10.1. The van der Waals surface area contributed by atoms with Crippen LogP contribution >= 0.6 is 0 Å². The van der Waals surface area contributed by atoms with Crippen molar-refractivity contribution in [3.8, 4) is 0 Å². The van der Waals surface area contributed by atoms with Crippen LogP contribution in [0.25, 0.3) is 0 Å². The number of carbonyl (C=O) groups excluding carboxylic acids is 1. The Labute approximate surface area is 114 Å². The number of amides is 1. The zero-order chi connectivity index (χ0) is 14.0. The molecule has 0 unspecified atom stereocenters. The summed E-state index contributed by atoms with van der Waals surface area (Å²) >= 11 is 0. The fourth-order valence-electron chi connectivity index (χ4n) is 2.18. The molecule has 1 saturated carbocycles. The molecule has 104 valence electrons. The van der Waals surface area contributed by atoms with Gasteiger partial charge in [0.15, 0.2) is 0 Å². The van der Waals surface area contributed by atoms with Crippen LogP contribution < -0.4 is 0 Å². The Morgan fingerprint density at radius 2 is 2.11 bits per heavy atom. The molecule has 1 fully saturated rings. The van der Waals surface area contributed by atoms with Gasteiger partial charge in [0.2, 0.25) is 0 Å². The fraction of sp³-hybridized carbons (Fsp3) is 0.562. The molecule has 1 aromatic carbocycles. The number of rotatable bonds is 5. The van der Waals surface area contributed by atoms with E-state index in [1.165, 1.54) is 6.07 Å². The summed E-state index contributed by atoms with van der Waals surface area (Å²) in [5, 5.41) is 0. The molecule has 0 aliphatic heterocycles. The number of hydrogen-bond donors (Lipinski definition) is 0. The van der Waals surface area contributed by atoms with E-state index in [0.717, 1.165) is 25.8 Å². The van der Waals surface area contributed by atoms with Crippen molar-refractivity contribution in [3.63, 3.8) is 0 Å². The number of aryl methyl sites for hydroxylation is 1. The van der Waals surface area contributed by atoms with Crippen LogP contribution in [0, 0.1) is 18.7 Å². The quantitative estimate of drug-likeness (QED) is 0.791. The van der Waals surface area contributed by atoms with Gasteiger partial charge in [-0.15, -0.1) is 0 Å². The van der Waals surface area contributed by atoms with Gasteiger partial charge in [0, 0.05) is 18.2 Å². The van der Waals surface area contributed by atoms with Gasteiger partial charge in [-0.25, -0.2) is 4.39 Å². The van der Waals surface area contributed by atoms with Gasteiger partial charge in [-0.3, -0.25) is 4.79 Å². The van der Waals surface area contributed by atoms with Crippen molar-refractivity contribution in [1.29, 1.82) is 0 Å². The molecule has 0 radical (unpaired) electrons. The number of benzene rings is 1. The molecule has 0 bridgehead atoms. The first-order chi connectivity index (χ1) is 8.99. The molecule has 0 aromatic heterocycles.